The van der Waals surface area contributed by atoms with E-state index in [4.69, 9.17) is 9.47 Å². The smallest absolute Gasteiger partial charge is 0.263 e. The van der Waals surface area contributed by atoms with Gasteiger partial charge in [-0.05, 0) is 38.5 Å². The summed E-state index contributed by atoms with van der Waals surface area (Å²) in [6.45, 7) is 5.68. The number of carbonyl (C=O) groups excluding carboxylic acids is 1. The molecule has 2 heterocycles. The zero-order chi connectivity index (χ0) is 23.7. The first kappa shape index (κ1) is 22.5. The number of thiophene rings is 1. The Morgan fingerprint density at radius 1 is 1.06 bits per heavy atom. The molecule has 4 aromatic rings. The maximum absolute atomic E-state index is 13.5. The molecule has 0 radical (unpaired) electrons. The van der Waals surface area contributed by atoms with Gasteiger partial charge >= 0.3 is 0 Å². The molecule has 0 saturated carbocycles. The van der Waals surface area contributed by atoms with E-state index < -0.39 is 6.04 Å². The summed E-state index contributed by atoms with van der Waals surface area (Å²) in [7, 11) is 3.08. The van der Waals surface area contributed by atoms with Crippen LogP contribution < -0.4 is 20.3 Å². The lowest BCUT2D eigenvalue weighted by Gasteiger charge is -2.16. The number of rotatable bonds is 6. The Morgan fingerprint density at radius 2 is 1.76 bits per heavy atom. The molecule has 8 heteroatoms. The Morgan fingerprint density at radius 3 is 2.42 bits per heavy atom. The fourth-order valence-electron chi connectivity index (χ4n) is 3.75. The molecule has 2 aromatic carbocycles. The van der Waals surface area contributed by atoms with Crippen LogP contribution in [0, 0.1) is 13.8 Å². The van der Waals surface area contributed by atoms with Crippen LogP contribution >= 0.6 is 11.3 Å². The monoisotopic (exact) mass is 463 g/mol. The van der Waals surface area contributed by atoms with Gasteiger partial charge in [0.1, 0.15) is 10.9 Å². The predicted molar refractivity (Wildman–Crippen MR) is 132 cm³/mol. The number of carbonyl (C=O) groups is 1. The maximum Gasteiger partial charge on any atom is 0.263 e. The van der Waals surface area contributed by atoms with Crippen LogP contribution in [0.25, 0.3) is 21.3 Å². The third kappa shape index (κ3) is 4.21. The molecule has 0 fully saturated rings. The van der Waals surface area contributed by atoms with E-state index in [2.05, 4.69) is 10.3 Å². The van der Waals surface area contributed by atoms with Crippen molar-refractivity contribution in [3.8, 4) is 22.6 Å². The highest BCUT2D eigenvalue weighted by Gasteiger charge is 2.22. The van der Waals surface area contributed by atoms with Crippen LogP contribution in [0.4, 0.5) is 5.69 Å². The Kier molecular flexibility index (Phi) is 6.20. The minimum absolute atomic E-state index is 0.241. The van der Waals surface area contributed by atoms with Gasteiger partial charge in [-0.3, -0.25) is 14.2 Å². The topological polar surface area (TPSA) is 82.5 Å². The normalized spacial score (nSPS) is 11.9. The van der Waals surface area contributed by atoms with Crippen molar-refractivity contribution in [2.45, 2.75) is 26.8 Å². The molecule has 1 atom stereocenters. The van der Waals surface area contributed by atoms with Gasteiger partial charge in [0.2, 0.25) is 5.91 Å². The van der Waals surface area contributed by atoms with Gasteiger partial charge in [-0.2, -0.15) is 0 Å². The van der Waals surface area contributed by atoms with Crippen molar-refractivity contribution in [3.05, 3.63) is 69.6 Å². The van der Waals surface area contributed by atoms with E-state index in [-0.39, 0.29) is 11.5 Å². The fourth-order valence-corrected chi connectivity index (χ4v) is 4.75. The number of anilines is 1. The third-order valence-electron chi connectivity index (χ3n) is 5.60. The summed E-state index contributed by atoms with van der Waals surface area (Å²) in [5.41, 5.74) is 3.28. The lowest BCUT2D eigenvalue weighted by molar-refractivity contribution is -0.118. The Balaban J connectivity index is 1.70. The number of ether oxygens (including phenoxy) is 2. The second-order valence-electron chi connectivity index (χ2n) is 7.77. The van der Waals surface area contributed by atoms with E-state index in [9.17, 15) is 9.59 Å². The highest BCUT2D eigenvalue weighted by Crippen LogP contribution is 2.36. The molecular formula is C25H25N3O4S. The van der Waals surface area contributed by atoms with Crippen molar-refractivity contribution in [1.29, 1.82) is 0 Å². The maximum atomic E-state index is 13.5. The van der Waals surface area contributed by atoms with Crippen LogP contribution in [-0.4, -0.2) is 29.7 Å². The van der Waals surface area contributed by atoms with Gasteiger partial charge in [0.25, 0.3) is 5.56 Å². The quantitative estimate of drug-likeness (QED) is 0.437. The minimum Gasteiger partial charge on any atom is -0.493 e. The average Bonchev–Trinajstić information content (AvgIpc) is 3.16. The Hall–Kier alpha value is -3.65. The summed E-state index contributed by atoms with van der Waals surface area (Å²) >= 11 is 1.48. The third-order valence-corrected chi connectivity index (χ3v) is 6.61. The van der Waals surface area contributed by atoms with E-state index in [1.807, 2.05) is 38.1 Å². The lowest BCUT2D eigenvalue weighted by atomic mass is 10.0. The summed E-state index contributed by atoms with van der Waals surface area (Å²) in [6, 6.07) is 12.4. The molecule has 0 saturated heterocycles. The lowest BCUT2D eigenvalue weighted by Crippen LogP contribution is -2.31. The molecule has 170 valence electrons. The number of aryl methyl sites for hydroxylation is 2. The Labute approximate surface area is 195 Å². The fraction of sp³-hybridized carbons (Fsp3) is 0.240. The van der Waals surface area contributed by atoms with Crippen molar-refractivity contribution < 1.29 is 14.3 Å². The number of amides is 1. The van der Waals surface area contributed by atoms with Gasteiger partial charge in [0.05, 0.1) is 25.9 Å². The molecule has 2 aromatic heterocycles. The number of nitrogens with one attached hydrogen (secondary N) is 1. The number of methoxy groups -OCH3 is 2. The molecule has 1 amide bonds. The molecule has 0 spiro atoms. The van der Waals surface area contributed by atoms with Crippen LogP contribution in [0.15, 0.2) is 53.6 Å². The average molecular weight is 464 g/mol. The summed E-state index contributed by atoms with van der Waals surface area (Å²) in [5, 5.41) is 3.38. The molecule has 1 unspecified atom stereocenters. The summed E-state index contributed by atoms with van der Waals surface area (Å²) in [6.07, 6.45) is 1.44. The molecule has 1 N–H and O–H groups in total. The highest BCUT2D eigenvalue weighted by atomic mass is 32.1. The number of hydrogen-bond donors (Lipinski definition) is 1. The van der Waals surface area contributed by atoms with E-state index in [0.717, 1.165) is 21.6 Å². The number of hydrogen-bond acceptors (Lipinski definition) is 6. The minimum atomic E-state index is -0.770. The van der Waals surface area contributed by atoms with Gasteiger partial charge in [-0.25, -0.2) is 4.98 Å². The van der Waals surface area contributed by atoms with Gasteiger partial charge in [-0.1, -0.05) is 29.8 Å². The Bertz CT molecular complexity index is 1390. The van der Waals surface area contributed by atoms with Crippen molar-refractivity contribution >= 4 is 33.1 Å². The second kappa shape index (κ2) is 9.07. The first-order valence-electron chi connectivity index (χ1n) is 10.4. The highest BCUT2D eigenvalue weighted by molar-refractivity contribution is 7.19. The molecule has 0 aliphatic rings. The van der Waals surface area contributed by atoms with Gasteiger partial charge in [0, 0.05) is 22.2 Å². The van der Waals surface area contributed by atoms with Crippen molar-refractivity contribution in [2.75, 3.05) is 19.5 Å². The molecule has 33 heavy (non-hydrogen) atoms. The second-order valence-corrected chi connectivity index (χ2v) is 8.97. The molecule has 0 bridgehead atoms. The summed E-state index contributed by atoms with van der Waals surface area (Å²) in [5.74, 6) is 0.722. The van der Waals surface area contributed by atoms with Crippen LogP contribution in [0.5, 0.6) is 11.5 Å². The molecule has 4 rings (SSSR count). The molecule has 0 aliphatic carbocycles. The zero-order valence-corrected chi connectivity index (χ0v) is 19.9. The number of nitrogens with zero attached hydrogens (tertiary/aromatic N) is 2. The molecule has 7 nitrogen and oxygen atoms in total. The number of aromatic nitrogens is 2. The standard InChI is InChI=1S/C25H25N3O4S/c1-14-6-8-17(9-7-14)21-16(3)33-24-22(21)25(30)28(13-26-24)15(2)23(29)27-18-10-11-19(31-4)20(12-18)32-5/h6-13,15H,1-5H3,(H,27,29). The van der Waals surface area contributed by atoms with Crippen molar-refractivity contribution in [1.82, 2.24) is 9.55 Å². The van der Waals surface area contributed by atoms with Crippen LogP contribution in [-0.2, 0) is 4.79 Å². The first-order valence-corrected chi connectivity index (χ1v) is 11.3. The van der Waals surface area contributed by atoms with Crippen LogP contribution in [0.3, 0.4) is 0 Å². The van der Waals surface area contributed by atoms with E-state index >= 15 is 0 Å². The number of benzene rings is 2. The van der Waals surface area contributed by atoms with Gasteiger partial charge in [0.15, 0.2) is 11.5 Å². The van der Waals surface area contributed by atoms with Gasteiger partial charge < -0.3 is 14.8 Å². The summed E-state index contributed by atoms with van der Waals surface area (Å²) < 4.78 is 11.9. The summed E-state index contributed by atoms with van der Waals surface area (Å²) in [4.78, 5) is 32.7. The van der Waals surface area contributed by atoms with Gasteiger partial charge in [-0.15, -0.1) is 11.3 Å². The van der Waals surface area contributed by atoms with E-state index in [1.54, 1.807) is 32.2 Å². The van der Waals surface area contributed by atoms with Crippen LogP contribution in [0.2, 0.25) is 0 Å². The zero-order valence-electron chi connectivity index (χ0n) is 19.1. The van der Waals surface area contributed by atoms with Crippen molar-refractivity contribution in [3.63, 3.8) is 0 Å². The predicted octanol–water partition coefficient (Wildman–Crippen LogP) is 4.96. The van der Waals surface area contributed by atoms with Crippen LogP contribution in [0.1, 0.15) is 23.4 Å². The molecular weight excluding hydrogens is 438 g/mol. The van der Waals surface area contributed by atoms with E-state index in [0.29, 0.717) is 27.4 Å². The molecule has 0 aliphatic heterocycles. The largest absolute Gasteiger partial charge is 0.493 e. The SMILES string of the molecule is COc1ccc(NC(=O)C(C)n2cnc3sc(C)c(-c4ccc(C)cc4)c3c2=O)cc1OC. The van der Waals surface area contributed by atoms with Crippen molar-refractivity contribution in [2.24, 2.45) is 0 Å². The first-order chi connectivity index (χ1) is 15.8. The van der Waals surface area contributed by atoms with E-state index in [1.165, 1.54) is 29.3 Å². The number of fused-ring (bicyclic) bond motifs is 1.